The molecule has 1 aliphatic rings. The molecule has 1 fully saturated rings. The molecule has 0 saturated carbocycles. The maximum Gasteiger partial charge on any atom is 0.416 e. The van der Waals surface area contributed by atoms with Gasteiger partial charge < -0.3 is 18.9 Å². The summed E-state index contributed by atoms with van der Waals surface area (Å²) in [6.07, 6.45) is -5.25. The van der Waals surface area contributed by atoms with Crippen LogP contribution in [0.25, 0.3) is 17.1 Å². The number of alkyl halides is 3. The van der Waals surface area contributed by atoms with Crippen LogP contribution in [0, 0.1) is 0 Å². The zero-order valence-corrected chi connectivity index (χ0v) is 20.8. The number of hydrogen-bond donors (Lipinski definition) is 1. The zero-order chi connectivity index (χ0) is 26.7. The van der Waals surface area contributed by atoms with Gasteiger partial charge in [-0.1, -0.05) is 23.7 Å². The van der Waals surface area contributed by atoms with Gasteiger partial charge in [0, 0.05) is 26.2 Å². The van der Waals surface area contributed by atoms with E-state index in [1.807, 2.05) is 0 Å². The molecule has 0 bridgehead atoms. The summed E-state index contributed by atoms with van der Waals surface area (Å²) in [5.74, 6) is 0.238. The zero-order valence-electron chi connectivity index (χ0n) is 20.0. The van der Waals surface area contributed by atoms with Crippen molar-refractivity contribution in [3.05, 3.63) is 59.4 Å². The Bertz CT molecular complexity index is 1240. The number of benzene rings is 2. The molecule has 4 atom stereocenters. The number of nitrogens with zero attached hydrogens (tertiary/aromatic N) is 3. The third-order valence-electron chi connectivity index (χ3n) is 5.85. The number of rotatable bonds is 6. The van der Waals surface area contributed by atoms with E-state index in [1.165, 1.54) is 23.1 Å². The summed E-state index contributed by atoms with van der Waals surface area (Å²) in [7, 11) is 3.11. The van der Waals surface area contributed by atoms with Gasteiger partial charge in [0.15, 0.2) is 5.82 Å². The van der Waals surface area contributed by atoms with Crippen molar-refractivity contribution in [1.29, 1.82) is 0 Å². The molecule has 4 rings (SSSR count). The summed E-state index contributed by atoms with van der Waals surface area (Å²) in [4.78, 5) is 16.6. The van der Waals surface area contributed by atoms with Crippen LogP contribution in [0.1, 0.15) is 18.9 Å². The molecule has 0 unspecified atom stereocenters. The van der Waals surface area contributed by atoms with Crippen molar-refractivity contribution in [2.24, 2.45) is 0 Å². The van der Waals surface area contributed by atoms with E-state index >= 15 is 0 Å². The molecule has 37 heavy (non-hydrogen) atoms. The van der Waals surface area contributed by atoms with Crippen LogP contribution in [-0.4, -0.2) is 59.7 Å². The molecule has 1 aliphatic heterocycles. The average Bonchev–Trinajstić information content (AvgIpc) is 3.35. The summed E-state index contributed by atoms with van der Waals surface area (Å²) < 4.78 is 61.7. The number of halogens is 4. The van der Waals surface area contributed by atoms with E-state index in [9.17, 15) is 18.0 Å². The number of carbonyl (C=O) groups excluding carboxylic acids is 1. The number of nitrogens with one attached hydrogen (secondary N) is 1. The molecule has 2 heterocycles. The van der Waals surface area contributed by atoms with Crippen LogP contribution in [0.4, 0.5) is 23.7 Å². The van der Waals surface area contributed by atoms with Crippen molar-refractivity contribution < 1.29 is 36.9 Å². The Morgan fingerprint density at radius 1 is 1.16 bits per heavy atom. The first kappa shape index (κ1) is 26.9. The summed E-state index contributed by atoms with van der Waals surface area (Å²) in [6.45, 7) is 1.80. The van der Waals surface area contributed by atoms with Crippen molar-refractivity contribution >= 4 is 23.4 Å². The van der Waals surface area contributed by atoms with Crippen LogP contribution >= 0.6 is 11.6 Å². The molecule has 1 amide bonds. The molecule has 0 radical (unpaired) electrons. The molecule has 1 N–H and O–H groups in total. The van der Waals surface area contributed by atoms with E-state index < -0.39 is 24.1 Å². The normalized spacial score (nSPS) is 22.0. The number of aromatic nitrogens is 3. The fraction of sp³-hybridized carbons (Fsp3) is 0.375. The molecule has 0 aliphatic carbocycles. The number of hydrogen-bond acceptors (Lipinski definition) is 7. The van der Waals surface area contributed by atoms with Gasteiger partial charge in [-0.05, 0) is 37.3 Å². The second-order valence-corrected chi connectivity index (χ2v) is 8.67. The van der Waals surface area contributed by atoms with Crippen LogP contribution in [0.3, 0.4) is 0 Å². The summed E-state index contributed by atoms with van der Waals surface area (Å²) in [6, 6.07) is 9.28. The summed E-state index contributed by atoms with van der Waals surface area (Å²) in [5.41, 5.74) is 0.477. The van der Waals surface area contributed by atoms with E-state index in [1.54, 1.807) is 39.3 Å². The standard InChI is InChI=1S/C24H24ClF3N4O5/c1-13-21(35-3)19(34-2)11-20(36-13)37-23(33)30-18-9-8-16(10-17(18)25)32-12-29-22(31-32)14-4-6-15(7-5-14)24(26,27)28/h4-10,12-13,19-21H,11H2,1-3H3,(H,30,33)/t13-,19-,20-,21-/m0/s1. The van der Waals surface area contributed by atoms with Gasteiger partial charge in [-0.25, -0.2) is 14.5 Å². The Morgan fingerprint density at radius 2 is 1.89 bits per heavy atom. The maximum atomic E-state index is 12.8. The largest absolute Gasteiger partial charge is 0.419 e. The van der Waals surface area contributed by atoms with Crippen LogP contribution in [0.5, 0.6) is 0 Å². The van der Waals surface area contributed by atoms with Gasteiger partial charge in [-0.3, -0.25) is 5.32 Å². The smallest absolute Gasteiger partial charge is 0.416 e. The highest BCUT2D eigenvalue weighted by atomic mass is 35.5. The lowest BCUT2D eigenvalue weighted by molar-refractivity contribution is -0.235. The number of ether oxygens (including phenoxy) is 4. The van der Waals surface area contributed by atoms with Gasteiger partial charge in [0.1, 0.15) is 12.4 Å². The maximum absolute atomic E-state index is 12.8. The Morgan fingerprint density at radius 3 is 2.51 bits per heavy atom. The number of anilines is 1. The minimum Gasteiger partial charge on any atom is -0.419 e. The minimum absolute atomic E-state index is 0.202. The van der Waals surface area contributed by atoms with Crippen LogP contribution in [0.2, 0.25) is 5.02 Å². The van der Waals surface area contributed by atoms with Crippen LogP contribution in [-0.2, 0) is 25.1 Å². The monoisotopic (exact) mass is 540 g/mol. The molecular weight excluding hydrogens is 517 g/mol. The second-order valence-electron chi connectivity index (χ2n) is 8.26. The minimum atomic E-state index is -4.43. The third kappa shape index (κ3) is 6.21. The van der Waals surface area contributed by atoms with Gasteiger partial charge in [-0.15, -0.1) is 5.10 Å². The number of methoxy groups -OCH3 is 2. The van der Waals surface area contributed by atoms with Gasteiger partial charge in [0.05, 0.1) is 34.2 Å². The molecule has 0 spiro atoms. The molecular formula is C24H24ClF3N4O5. The lowest BCUT2D eigenvalue weighted by Crippen LogP contribution is -2.50. The van der Waals surface area contributed by atoms with Gasteiger partial charge in [0.2, 0.25) is 6.29 Å². The SMILES string of the molecule is CO[C@H]1[C@H](C)O[C@@H](OC(=O)Nc2ccc(-n3cnc(-c4ccc(C(F)(F)F)cc4)n3)cc2Cl)C[C@@H]1OC. The van der Waals surface area contributed by atoms with Gasteiger partial charge in [0.25, 0.3) is 0 Å². The van der Waals surface area contributed by atoms with Crippen molar-refractivity contribution in [2.75, 3.05) is 19.5 Å². The van der Waals surface area contributed by atoms with E-state index in [4.69, 9.17) is 30.5 Å². The Hall–Kier alpha value is -3.19. The molecule has 9 nitrogen and oxygen atoms in total. The van der Waals surface area contributed by atoms with Crippen LogP contribution in [0.15, 0.2) is 48.8 Å². The molecule has 198 valence electrons. The van der Waals surface area contributed by atoms with Crippen molar-refractivity contribution in [3.8, 4) is 17.1 Å². The summed E-state index contributed by atoms with van der Waals surface area (Å²) in [5, 5.41) is 7.08. The first-order valence-corrected chi connectivity index (χ1v) is 11.5. The highest BCUT2D eigenvalue weighted by Gasteiger charge is 2.38. The lowest BCUT2D eigenvalue weighted by Gasteiger charge is -2.38. The Labute approximate surface area is 215 Å². The quantitative estimate of drug-likeness (QED) is 0.452. The van der Waals surface area contributed by atoms with Crippen LogP contribution < -0.4 is 5.32 Å². The second kappa shape index (κ2) is 11.1. The van der Waals surface area contributed by atoms with Crippen molar-refractivity contribution in [3.63, 3.8) is 0 Å². The van der Waals surface area contributed by atoms with Gasteiger partial charge >= 0.3 is 12.3 Å². The van der Waals surface area contributed by atoms with E-state index in [0.29, 0.717) is 23.4 Å². The van der Waals surface area contributed by atoms with Gasteiger partial charge in [-0.2, -0.15) is 13.2 Å². The fourth-order valence-corrected chi connectivity index (χ4v) is 4.20. The molecule has 3 aromatic rings. The first-order valence-electron chi connectivity index (χ1n) is 11.2. The molecule has 13 heteroatoms. The third-order valence-corrected chi connectivity index (χ3v) is 6.16. The molecule has 1 aromatic heterocycles. The average molecular weight is 541 g/mol. The van der Waals surface area contributed by atoms with Crippen molar-refractivity contribution in [2.45, 2.75) is 44.1 Å². The lowest BCUT2D eigenvalue weighted by atomic mass is 10.0. The number of carbonyl (C=O) groups is 1. The molecule has 1 saturated heterocycles. The highest BCUT2D eigenvalue weighted by molar-refractivity contribution is 6.33. The summed E-state index contributed by atoms with van der Waals surface area (Å²) >= 11 is 6.35. The first-order chi connectivity index (χ1) is 17.6. The Kier molecular flexibility index (Phi) is 8.02. The van der Waals surface area contributed by atoms with E-state index in [-0.39, 0.29) is 29.2 Å². The predicted molar refractivity (Wildman–Crippen MR) is 127 cm³/mol. The number of amides is 1. The highest BCUT2D eigenvalue weighted by Crippen LogP contribution is 2.31. The van der Waals surface area contributed by atoms with E-state index in [0.717, 1.165) is 12.1 Å². The topological polar surface area (TPSA) is 96.7 Å². The Balaban J connectivity index is 1.40. The van der Waals surface area contributed by atoms with E-state index in [2.05, 4.69) is 15.4 Å². The van der Waals surface area contributed by atoms with Crippen molar-refractivity contribution in [1.82, 2.24) is 14.8 Å². The predicted octanol–water partition coefficient (Wildman–Crippen LogP) is 5.32. The molecule has 2 aromatic carbocycles. The fourth-order valence-electron chi connectivity index (χ4n) is 3.98.